The monoisotopic (exact) mass is 275 g/mol. The van der Waals surface area contributed by atoms with Crippen LogP contribution in [-0.4, -0.2) is 0 Å². The summed E-state index contributed by atoms with van der Waals surface area (Å²) < 4.78 is 0. The standard InChI is InChI=1S/C5H5.6CH3.2ClH.Ti/c1-2-4-5-3-1;;;;;;;;;/h1-3H,4H2;6*1H3;2*1H;/q7*-1;;;. The van der Waals surface area contributed by atoms with Crippen LogP contribution in [0.3, 0.4) is 0 Å². The quantitative estimate of drug-likeness (QED) is 0.438. The molecule has 1 aliphatic rings. The van der Waals surface area contributed by atoms with Gasteiger partial charge in [-0.2, -0.15) is 6.08 Å². The molecule has 3 heteroatoms. The Bertz CT molecular complexity index is 71.4. The van der Waals surface area contributed by atoms with E-state index in [0.29, 0.717) is 0 Å². The van der Waals surface area contributed by atoms with Crippen molar-refractivity contribution in [3.05, 3.63) is 68.9 Å². The van der Waals surface area contributed by atoms with Gasteiger partial charge in [0, 0.05) is 21.7 Å². The SMILES string of the molecule is Cl.Cl.[C-]1=CC=CC1.[CH3-].[CH3-].[CH3-].[CH3-].[CH3-].[CH3-].[Ti]. The third kappa shape index (κ3) is 53.1. The van der Waals surface area contributed by atoms with Gasteiger partial charge in [0.25, 0.3) is 0 Å². The van der Waals surface area contributed by atoms with Gasteiger partial charge in [-0.25, -0.2) is 12.2 Å². The minimum Gasteiger partial charge on any atom is -0.358 e. The second-order valence-corrected chi connectivity index (χ2v) is 1.00. The minimum atomic E-state index is 0. The van der Waals surface area contributed by atoms with Crippen LogP contribution in [0.5, 0.6) is 0 Å². The molecule has 0 saturated heterocycles. The van der Waals surface area contributed by atoms with Crippen LogP contribution in [0.1, 0.15) is 6.42 Å². The number of halogens is 2. The topological polar surface area (TPSA) is 0 Å². The van der Waals surface area contributed by atoms with Crippen molar-refractivity contribution in [3.63, 3.8) is 0 Å². The van der Waals surface area contributed by atoms with Gasteiger partial charge >= 0.3 is 0 Å². The average Bonchev–Trinajstić information content (AvgIpc) is 1.76. The van der Waals surface area contributed by atoms with Crippen LogP contribution in [0.4, 0.5) is 0 Å². The van der Waals surface area contributed by atoms with Crippen LogP contribution < -0.4 is 0 Å². The van der Waals surface area contributed by atoms with Crippen molar-refractivity contribution in [3.8, 4) is 0 Å². The molecule has 0 spiro atoms. The molecule has 0 unspecified atom stereocenters. The van der Waals surface area contributed by atoms with Gasteiger partial charge in [0.2, 0.25) is 0 Å². The fourth-order valence-electron chi connectivity index (χ4n) is 0.340. The van der Waals surface area contributed by atoms with Gasteiger partial charge in [0.1, 0.15) is 0 Å². The van der Waals surface area contributed by atoms with E-state index in [1.807, 2.05) is 12.2 Å². The molecule has 0 nitrogen and oxygen atoms in total. The van der Waals surface area contributed by atoms with Crippen LogP contribution in [0.25, 0.3) is 0 Å². The Hall–Kier alpha value is 0.774. The van der Waals surface area contributed by atoms with Crippen molar-refractivity contribution in [2.24, 2.45) is 0 Å². The molecule has 0 saturated carbocycles. The predicted octanol–water partition coefficient (Wildman–Crippen LogP) is 4.85. The van der Waals surface area contributed by atoms with Crippen molar-refractivity contribution in [2.45, 2.75) is 6.42 Å². The maximum Gasteiger partial charge on any atom is 0 e. The van der Waals surface area contributed by atoms with Crippen molar-refractivity contribution in [1.29, 1.82) is 0 Å². The molecule has 0 heterocycles. The summed E-state index contributed by atoms with van der Waals surface area (Å²) in [6.07, 6.45) is 10.0. The molecule has 0 aliphatic heterocycles. The molecule has 0 aromatic heterocycles. The fourth-order valence-corrected chi connectivity index (χ4v) is 0.340. The maximum absolute atomic E-state index is 2.99. The molecule has 0 aromatic carbocycles. The zero-order valence-corrected chi connectivity index (χ0v) is 13.5. The van der Waals surface area contributed by atoms with Gasteiger partial charge in [-0.3, -0.25) is 6.08 Å². The normalized spacial score (nSPS) is 6.29. The molecule has 1 aliphatic carbocycles. The molecule has 14 heavy (non-hydrogen) atoms. The van der Waals surface area contributed by atoms with Crippen LogP contribution in [0.15, 0.2) is 18.2 Å². The molecular formula is C11H25Cl2Ti-7. The van der Waals surface area contributed by atoms with Crippen LogP contribution >= 0.6 is 24.8 Å². The Balaban J connectivity index is -0.00000000397. The van der Waals surface area contributed by atoms with Crippen LogP contribution in [0, 0.1) is 50.6 Å². The summed E-state index contributed by atoms with van der Waals surface area (Å²) in [5.74, 6) is 0. The van der Waals surface area contributed by atoms with E-state index in [1.54, 1.807) is 0 Å². The fraction of sp³-hybridized carbons (Fsp3) is 0.0909. The predicted molar refractivity (Wildman–Crippen MR) is 74.6 cm³/mol. The second kappa shape index (κ2) is 67.4. The van der Waals surface area contributed by atoms with E-state index in [0.717, 1.165) is 6.42 Å². The summed E-state index contributed by atoms with van der Waals surface area (Å²) in [6.45, 7) is 0. The first-order valence-corrected chi connectivity index (χ1v) is 1.72. The van der Waals surface area contributed by atoms with E-state index in [2.05, 4.69) is 12.2 Å². The van der Waals surface area contributed by atoms with Gasteiger partial charge in [-0.15, -0.1) is 31.2 Å². The van der Waals surface area contributed by atoms with Gasteiger partial charge in [0.05, 0.1) is 0 Å². The zero-order chi connectivity index (χ0) is 3.54. The third-order valence-corrected chi connectivity index (χ3v) is 0.586. The molecule has 0 N–H and O–H groups in total. The van der Waals surface area contributed by atoms with Gasteiger partial charge in [-0.1, -0.05) is 0 Å². The van der Waals surface area contributed by atoms with E-state index in [9.17, 15) is 0 Å². The molecule has 94 valence electrons. The average molecular weight is 276 g/mol. The van der Waals surface area contributed by atoms with Gasteiger partial charge in [-0.05, 0) is 0 Å². The number of allylic oxidation sites excluding steroid dienone is 4. The molecule has 1 rings (SSSR count). The van der Waals surface area contributed by atoms with Crippen molar-refractivity contribution in [2.75, 3.05) is 0 Å². The zero-order valence-electron chi connectivity index (χ0n) is 10.3. The molecule has 0 radical (unpaired) electrons. The van der Waals surface area contributed by atoms with Crippen LogP contribution in [0.2, 0.25) is 0 Å². The minimum absolute atomic E-state index is 0. The summed E-state index contributed by atoms with van der Waals surface area (Å²) in [5.41, 5.74) is 0. The van der Waals surface area contributed by atoms with Gasteiger partial charge < -0.3 is 44.6 Å². The van der Waals surface area contributed by atoms with Gasteiger partial charge in [0.15, 0.2) is 0 Å². The molecule has 0 fully saturated rings. The Morgan fingerprint density at radius 2 is 1.14 bits per heavy atom. The smallest absolute Gasteiger partial charge is 0 e. The molecule has 0 amide bonds. The first-order chi connectivity index (χ1) is 2.50. The Morgan fingerprint density at radius 1 is 0.786 bits per heavy atom. The summed E-state index contributed by atoms with van der Waals surface area (Å²) in [7, 11) is 0. The Morgan fingerprint density at radius 3 is 1.21 bits per heavy atom. The van der Waals surface area contributed by atoms with Crippen molar-refractivity contribution < 1.29 is 21.7 Å². The third-order valence-electron chi connectivity index (χ3n) is 0.586. The Kier molecular flexibility index (Phi) is 405. The molecule has 0 aromatic rings. The largest absolute Gasteiger partial charge is 0.358 e. The van der Waals surface area contributed by atoms with Crippen molar-refractivity contribution in [1.82, 2.24) is 0 Å². The molecule has 0 atom stereocenters. The Labute approximate surface area is 121 Å². The maximum atomic E-state index is 2.99. The van der Waals surface area contributed by atoms with Crippen molar-refractivity contribution >= 4 is 24.8 Å². The van der Waals surface area contributed by atoms with E-state index in [-0.39, 0.29) is 91.1 Å². The van der Waals surface area contributed by atoms with E-state index >= 15 is 0 Å². The summed E-state index contributed by atoms with van der Waals surface area (Å²) in [5, 5.41) is 0. The number of rotatable bonds is 0. The summed E-state index contributed by atoms with van der Waals surface area (Å²) >= 11 is 0. The molecule has 0 bridgehead atoms. The van der Waals surface area contributed by atoms with Crippen LogP contribution in [-0.2, 0) is 21.7 Å². The number of hydrogen-bond acceptors (Lipinski definition) is 0. The summed E-state index contributed by atoms with van der Waals surface area (Å²) in [6, 6.07) is 0. The van der Waals surface area contributed by atoms with E-state index < -0.39 is 0 Å². The first kappa shape index (κ1) is 84.1. The summed E-state index contributed by atoms with van der Waals surface area (Å²) in [4.78, 5) is 0. The second-order valence-electron chi connectivity index (χ2n) is 1.00. The van der Waals surface area contributed by atoms with E-state index in [1.165, 1.54) is 0 Å². The number of hydrogen-bond donors (Lipinski definition) is 0. The van der Waals surface area contributed by atoms with E-state index in [4.69, 9.17) is 0 Å². The molecular weight excluding hydrogens is 251 g/mol. The first-order valence-electron chi connectivity index (χ1n) is 1.72.